The summed E-state index contributed by atoms with van der Waals surface area (Å²) in [6, 6.07) is 0. The molecule has 0 radical (unpaired) electrons. The van der Waals surface area contributed by atoms with Crippen molar-refractivity contribution >= 4 is 45.0 Å². The summed E-state index contributed by atoms with van der Waals surface area (Å²) in [6.45, 7) is 31.5. The maximum atomic E-state index is 12.3. The molecule has 0 aliphatic carbocycles. The highest BCUT2D eigenvalue weighted by molar-refractivity contribution is 6.70. The molecule has 2 heterocycles. The van der Waals surface area contributed by atoms with E-state index in [9.17, 15) is 9.59 Å². The van der Waals surface area contributed by atoms with E-state index in [0.29, 0.717) is 12.8 Å². The Hall–Kier alpha value is -0.192. The van der Waals surface area contributed by atoms with Gasteiger partial charge >= 0.3 is 5.97 Å². The molecule has 59 heavy (non-hydrogen) atoms. The molecule has 8 atom stereocenters. The average Bonchev–Trinajstić information content (AvgIpc) is 3.71. The van der Waals surface area contributed by atoms with Crippen molar-refractivity contribution in [3.05, 3.63) is 0 Å². The fourth-order valence-corrected chi connectivity index (χ4v) is 13.7. The first kappa shape index (κ1) is 54.9. The van der Waals surface area contributed by atoms with Gasteiger partial charge in [0.05, 0.1) is 42.5 Å². The fourth-order valence-electron chi connectivity index (χ4n) is 9.00. The zero-order valence-electron chi connectivity index (χ0n) is 41.1. The minimum atomic E-state index is -1.86. The quantitative estimate of drug-likeness (QED) is 0.0358. The molecule has 8 nitrogen and oxygen atoms in total. The van der Waals surface area contributed by atoms with Gasteiger partial charge in [-0.25, -0.2) is 0 Å². The Morgan fingerprint density at radius 3 is 1.44 bits per heavy atom. The third kappa shape index (κ3) is 26.3. The molecule has 0 aromatic heterocycles. The lowest BCUT2D eigenvalue weighted by atomic mass is 9.96. The van der Waals surface area contributed by atoms with E-state index in [0.717, 1.165) is 70.6 Å². The Bertz CT molecular complexity index is 1160. The number of cyclic esters (lactones) is 1. The molecule has 0 aromatic rings. The normalized spacial score (nSPS) is 22.7. The summed E-state index contributed by atoms with van der Waals surface area (Å²) in [4.78, 5) is 23.8. The SMILES string of the molecule is CCCCCCCCCCCC[C@@H](O[Si](C)(C)C)[C@H]1CC[C@H]([C@@H](CCC[C@H](O[Si](C)(C)C)[C@@H](CCCCC[C@@H]2C[C@H](CC(C)=O)C(=O)O2)O[Si](C)(C)C)O[Si](C)(C)C)O1. The van der Waals surface area contributed by atoms with Crippen LogP contribution < -0.4 is 0 Å². The van der Waals surface area contributed by atoms with E-state index in [1.807, 2.05) is 0 Å². The summed E-state index contributed by atoms with van der Waals surface area (Å²) < 4.78 is 40.5. The van der Waals surface area contributed by atoms with E-state index < -0.39 is 33.3 Å². The van der Waals surface area contributed by atoms with E-state index >= 15 is 0 Å². The number of ketones is 1. The number of hydrogen-bond donors (Lipinski definition) is 0. The number of ether oxygens (including phenoxy) is 2. The van der Waals surface area contributed by atoms with Gasteiger partial charge in [0.2, 0.25) is 0 Å². The lowest BCUT2D eigenvalue weighted by Gasteiger charge is -2.37. The van der Waals surface area contributed by atoms with Gasteiger partial charge in [-0.05, 0) is 150 Å². The van der Waals surface area contributed by atoms with Gasteiger partial charge in [-0.1, -0.05) is 84.0 Å². The van der Waals surface area contributed by atoms with E-state index in [1.54, 1.807) is 6.92 Å². The predicted octanol–water partition coefficient (Wildman–Crippen LogP) is 13.8. The summed E-state index contributed by atoms with van der Waals surface area (Å²) in [5, 5.41) is 0. The van der Waals surface area contributed by atoms with Gasteiger partial charge in [-0.3, -0.25) is 4.79 Å². The molecule has 0 unspecified atom stereocenters. The van der Waals surface area contributed by atoms with Crippen molar-refractivity contribution < 1.29 is 36.8 Å². The van der Waals surface area contributed by atoms with Crippen LogP contribution in [0.25, 0.3) is 0 Å². The number of esters is 1. The number of carbonyl (C=O) groups excluding carboxylic acids is 2. The maximum absolute atomic E-state index is 12.3. The Morgan fingerprint density at radius 1 is 0.576 bits per heavy atom. The van der Waals surface area contributed by atoms with Crippen LogP contribution in [0.2, 0.25) is 78.6 Å². The fraction of sp³-hybridized carbons (Fsp3) is 0.957. The van der Waals surface area contributed by atoms with E-state index in [-0.39, 0.29) is 60.4 Å². The van der Waals surface area contributed by atoms with Crippen LogP contribution in [0.3, 0.4) is 0 Å². The second-order valence-corrected chi connectivity index (χ2v) is 40.1. The second kappa shape index (κ2) is 27.2. The first-order valence-corrected chi connectivity index (χ1v) is 38.1. The minimum Gasteiger partial charge on any atom is -0.462 e. The molecule has 2 rings (SSSR count). The molecule has 0 saturated carbocycles. The predicted molar refractivity (Wildman–Crippen MR) is 257 cm³/mol. The second-order valence-electron chi connectivity index (χ2n) is 22.3. The van der Waals surface area contributed by atoms with Crippen LogP contribution in [0, 0.1) is 5.92 Å². The van der Waals surface area contributed by atoms with Crippen molar-refractivity contribution in [2.75, 3.05) is 0 Å². The summed E-state index contributed by atoms with van der Waals surface area (Å²) in [6.07, 6.45) is 26.1. The van der Waals surface area contributed by atoms with Crippen LogP contribution in [-0.2, 0) is 36.8 Å². The average molecular weight is 902 g/mol. The van der Waals surface area contributed by atoms with Crippen molar-refractivity contribution in [1.29, 1.82) is 0 Å². The topological polar surface area (TPSA) is 89.5 Å². The van der Waals surface area contributed by atoms with Crippen molar-refractivity contribution in [3.8, 4) is 0 Å². The van der Waals surface area contributed by atoms with E-state index in [1.165, 1.54) is 64.2 Å². The Kier molecular flexibility index (Phi) is 25.3. The lowest BCUT2D eigenvalue weighted by molar-refractivity contribution is -0.145. The molecule has 0 bridgehead atoms. The Labute approximate surface area is 369 Å². The van der Waals surface area contributed by atoms with Crippen molar-refractivity contribution in [3.63, 3.8) is 0 Å². The highest BCUT2D eigenvalue weighted by Gasteiger charge is 2.40. The van der Waals surface area contributed by atoms with Gasteiger partial charge in [0, 0.05) is 6.42 Å². The molecular weight excluding hydrogens is 805 g/mol. The van der Waals surface area contributed by atoms with Gasteiger partial charge in [-0.2, -0.15) is 0 Å². The van der Waals surface area contributed by atoms with Gasteiger partial charge in [0.1, 0.15) is 11.9 Å². The zero-order chi connectivity index (χ0) is 44.3. The molecule has 2 aliphatic heterocycles. The number of hydrogen-bond acceptors (Lipinski definition) is 8. The molecular formula is C47H96O8Si4. The van der Waals surface area contributed by atoms with Crippen LogP contribution in [0.1, 0.15) is 162 Å². The van der Waals surface area contributed by atoms with Gasteiger partial charge < -0.3 is 32.0 Å². The molecule has 348 valence electrons. The largest absolute Gasteiger partial charge is 0.462 e. The van der Waals surface area contributed by atoms with Crippen molar-refractivity contribution in [1.82, 2.24) is 0 Å². The van der Waals surface area contributed by atoms with Crippen LogP contribution in [0.4, 0.5) is 0 Å². The zero-order valence-corrected chi connectivity index (χ0v) is 45.1. The third-order valence-corrected chi connectivity index (χ3v) is 15.4. The van der Waals surface area contributed by atoms with Gasteiger partial charge in [0.15, 0.2) is 33.3 Å². The molecule has 0 amide bonds. The summed E-state index contributed by atoms with van der Waals surface area (Å²) in [7, 11) is -7.28. The number of rotatable bonds is 34. The van der Waals surface area contributed by atoms with Crippen LogP contribution in [0.15, 0.2) is 0 Å². The van der Waals surface area contributed by atoms with Gasteiger partial charge in [0.25, 0.3) is 0 Å². The molecule has 0 aromatic carbocycles. The highest BCUT2D eigenvalue weighted by Crippen LogP contribution is 2.34. The molecule has 12 heteroatoms. The summed E-state index contributed by atoms with van der Waals surface area (Å²) in [5.74, 6) is -0.400. The number of carbonyl (C=O) groups is 2. The highest BCUT2D eigenvalue weighted by atomic mass is 28.4. The third-order valence-electron chi connectivity index (χ3n) is 11.4. The van der Waals surface area contributed by atoms with Crippen LogP contribution in [-0.4, -0.2) is 87.7 Å². The summed E-state index contributed by atoms with van der Waals surface area (Å²) >= 11 is 0. The molecule has 2 aliphatic rings. The van der Waals surface area contributed by atoms with E-state index in [2.05, 4.69) is 85.5 Å². The Balaban J connectivity index is 2.02. The molecule has 0 N–H and O–H groups in total. The Morgan fingerprint density at radius 2 is 0.983 bits per heavy atom. The van der Waals surface area contributed by atoms with Gasteiger partial charge in [-0.15, -0.1) is 0 Å². The monoisotopic (exact) mass is 901 g/mol. The van der Waals surface area contributed by atoms with Crippen molar-refractivity contribution in [2.24, 2.45) is 5.92 Å². The standard InChI is InChI=1S/C47H96O8Si4/c1-15-16-17-18-19-20-21-22-23-26-30-43(52-56(3,4)5)41-34-35-42(51-41)44(53-57(6,7)8)32-28-33-46(55-59(12,13)14)45(54-58(9,10)11)31-27-24-25-29-40-37-39(36-38(2)48)47(49)50-40/h39-46H,15-37H2,1-14H3/t39-,40+,41+,42+,43+,44+,45+,46-/m0/s1. The molecule has 2 fully saturated rings. The smallest absolute Gasteiger partial charge is 0.309 e. The van der Waals surface area contributed by atoms with Crippen LogP contribution in [0.5, 0.6) is 0 Å². The van der Waals surface area contributed by atoms with E-state index in [4.69, 9.17) is 27.2 Å². The summed E-state index contributed by atoms with van der Waals surface area (Å²) in [5.41, 5.74) is 0. The molecule has 2 saturated heterocycles. The van der Waals surface area contributed by atoms with Crippen molar-refractivity contribution in [2.45, 2.75) is 283 Å². The first-order chi connectivity index (χ1) is 27.4. The number of Topliss-reactive ketones (excluding diaryl/α,β-unsaturated/α-hetero) is 1. The number of unbranched alkanes of at least 4 members (excludes halogenated alkanes) is 11. The minimum absolute atomic E-state index is 0.0527. The lowest BCUT2D eigenvalue weighted by Crippen LogP contribution is -2.45. The maximum Gasteiger partial charge on any atom is 0.309 e. The first-order valence-electron chi connectivity index (χ1n) is 24.5. The van der Waals surface area contributed by atoms with Crippen LogP contribution >= 0.6 is 0 Å². The molecule has 0 spiro atoms.